The Morgan fingerprint density at radius 3 is 2.02 bits per heavy atom. The van der Waals surface area contributed by atoms with E-state index in [0.29, 0.717) is 28.7 Å². The van der Waals surface area contributed by atoms with Crippen LogP contribution in [0.1, 0.15) is 31.5 Å². The van der Waals surface area contributed by atoms with Gasteiger partial charge in [-0.15, -0.1) is 0 Å². The van der Waals surface area contributed by atoms with E-state index in [9.17, 15) is 18.9 Å². The zero-order valence-electron chi connectivity index (χ0n) is 21.7. The first kappa shape index (κ1) is 27.7. The van der Waals surface area contributed by atoms with Gasteiger partial charge in [0.05, 0.1) is 32.0 Å². The smallest absolute Gasteiger partial charge is 0.382 e. The summed E-state index contributed by atoms with van der Waals surface area (Å²) in [6, 6.07) is -0.307. The Bertz CT molecular complexity index is 1630. The first-order valence-corrected chi connectivity index (χ1v) is 15.9. The highest BCUT2D eigenvalue weighted by Crippen LogP contribution is 2.55. The number of nitrogen functional groups attached to an aromatic ring is 2. The number of rotatable bonds is 2. The fourth-order valence-electron chi connectivity index (χ4n) is 5.70. The molecule has 0 aromatic carbocycles. The van der Waals surface area contributed by atoms with Crippen LogP contribution < -0.4 is 11.5 Å². The molecule has 224 valence electrons. The van der Waals surface area contributed by atoms with Crippen molar-refractivity contribution in [1.82, 2.24) is 39.0 Å². The Morgan fingerprint density at radius 1 is 0.738 bits per heavy atom. The van der Waals surface area contributed by atoms with Crippen LogP contribution in [0.5, 0.6) is 0 Å². The maximum Gasteiger partial charge on any atom is 0.472 e. The number of phosphoric ester groups is 2. The number of aromatic nitrogens is 8. The highest BCUT2D eigenvalue weighted by molar-refractivity contribution is 7.47. The second kappa shape index (κ2) is 10.3. The number of phosphoric acid groups is 2. The molecule has 1 aliphatic carbocycles. The SMILES string of the molecule is Nc1ncnc2c1ncn2[C@@H]1CC2COP(=O)(O)O[C@@H]3C[C@H](n4cnc5c(N)ncnc54)OC3COP(=O)(O)O[C@@H]2C1. The zero-order chi connectivity index (χ0) is 29.2. The molecule has 2 aliphatic heterocycles. The van der Waals surface area contributed by atoms with Crippen LogP contribution in [0.4, 0.5) is 11.6 Å². The first-order valence-electron chi connectivity index (χ1n) is 12.9. The Balaban J connectivity index is 1.12. The molecule has 0 amide bonds. The van der Waals surface area contributed by atoms with E-state index in [4.69, 9.17) is 34.3 Å². The molecule has 42 heavy (non-hydrogen) atoms. The van der Waals surface area contributed by atoms with Crippen LogP contribution in [0.3, 0.4) is 0 Å². The van der Waals surface area contributed by atoms with Gasteiger partial charge in [-0.3, -0.25) is 22.7 Å². The molecule has 0 spiro atoms. The van der Waals surface area contributed by atoms with Crippen LogP contribution >= 0.6 is 15.6 Å². The Hall–Kier alpha value is -3.12. The minimum absolute atomic E-state index is 0.0424. The van der Waals surface area contributed by atoms with Crippen molar-refractivity contribution in [3.8, 4) is 0 Å². The molecule has 4 unspecified atom stereocenters. The third-order valence-electron chi connectivity index (χ3n) is 7.65. The molecule has 7 rings (SSSR count). The van der Waals surface area contributed by atoms with Crippen molar-refractivity contribution in [3.05, 3.63) is 25.3 Å². The van der Waals surface area contributed by atoms with Gasteiger partial charge in [0.1, 0.15) is 42.1 Å². The topological polar surface area (TPSA) is 260 Å². The predicted molar refractivity (Wildman–Crippen MR) is 141 cm³/mol. The number of ether oxygens (including phenoxy) is 1. The molecule has 8 atom stereocenters. The minimum atomic E-state index is -4.62. The number of imidazole rings is 2. The second-order valence-electron chi connectivity index (χ2n) is 10.2. The van der Waals surface area contributed by atoms with Crippen LogP contribution in [0, 0.1) is 5.92 Å². The van der Waals surface area contributed by atoms with Crippen molar-refractivity contribution in [2.75, 3.05) is 24.7 Å². The molecule has 1 saturated carbocycles. The summed E-state index contributed by atoms with van der Waals surface area (Å²) in [5.41, 5.74) is 13.4. The van der Waals surface area contributed by atoms with Crippen molar-refractivity contribution < 1.29 is 41.7 Å². The number of hydrogen-bond donors (Lipinski definition) is 4. The summed E-state index contributed by atoms with van der Waals surface area (Å²) in [7, 11) is -9.25. The van der Waals surface area contributed by atoms with Crippen molar-refractivity contribution in [1.29, 1.82) is 0 Å². The quantitative estimate of drug-likeness (QED) is 0.227. The second-order valence-corrected chi connectivity index (χ2v) is 13.0. The predicted octanol–water partition coefficient (Wildman–Crippen LogP) is 1.09. The first-order chi connectivity index (χ1) is 20.1. The van der Waals surface area contributed by atoms with Crippen LogP contribution in [0.2, 0.25) is 0 Å². The Morgan fingerprint density at radius 2 is 1.33 bits per heavy atom. The minimum Gasteiger partial charge on any atom is -0.382 e. The van der Waals surface area contributed by atoms with Gasteiger partial charge in [0.2, 0.25) is 0 Å². The summed E-state index contributed by atoms with van der Waals surface area (Å²) >= 11 is 0. The van der Waals surface area contributed by atoms with E-state index in [1.165, 1.54) is 19.0 Å². The van der Waals surface area contributed by atoms with Gasteiger partial charge in [-0.25, -0.2) is 39.0 Å². The fraction of sp³-hybridized carbons (Fsp3) is 0.524. The standard InChI is InChI=1S/C21H26N10O9P2/c22-18-16-20(26-6-24-18)30(8-28-16)11-1-10-4-36-41(32,33)40-13-3-15(31-9-29-17-19(23)25-7-27-21(17)31)38-14(13)5-37-42(34,35)39-12(10)2-11/h6-15H,1-5H2,(H,32,33)(H,34,35)(H2,22,24,26)(H2,23,25,27)/t10?,11-,12-,13-,14?,15-/m1/s1. The Labute approximate surface area is 236 Å². The van der Waals surface area contributed by atoms with Gasteiger partial charge >= 0.3 is 15.6 Å². The molecule has 6 heterocycles. The van der Waals surface area contributed by atoms with Gasteiger partial charge in [0.15, 0.2) is 22.9 Å². The average Bonchev–Trinajstić information content (AvgIpc) is 3.71. The Kier molecular flexibility index (Phi) is 6.76. The van der Waals surface area contributed by atoms with Gasteiger partial charge in [-0.1, -0.05) is 0 Å². The molecule has 4 aromatic heterocycles. The summed E-state index contributed by atoms with van der Waals surface area (Å²) in [5, 5.41) is 0. The molecule has 4 aromatic rings. The molecule has 2 saturated heterocycles. The average molecular weight is 624 g/mol. The summed E-state index contributed by atoms with van der Waals surface area (Å²) in [4.78, 5) is 46.1. The highest BCUT2D eigenvalue weighted by atomic mass is 31.2. The van der Waals surface area contributed by atoms with Gasteiger partial charge < -0.3 is 30.6 Å². The van der Waals surface area contributed by atoms with E-state index in [0.717, 1.165) is 0 Å². The lowest BCUT2D eigenvalue weighted by Crippen LogP contribution is -2.30. The van der Waals surface area contributed by atoms with Crippen molar-refractivity contribution in [2.45, 2.75) is 49.8 Å². The van der Waals surface area contributed by atoms with Crippen molar-refractivity contribution in [2.24, 2.45) is 5.92 Å². The van der Waals surface area contributed by atoms with Crippen LogP contribution in [0.15, 0.2) is 25.3 Å². The lowest BCUT2D eigenvalue weighted by molar-refractivity contribution is -0.0510. The molecule has 6 N–H and O–H groups in total. The van der Waals surface area contributed by atoms with Crippen LogP contribution in [-0.2, 0) is 32.0 Å². The summed E-state index contributed by atoms with van der Waals surface area (Å²) in [5.74, 6) is -0.200. The summed E-state index contributed by atoms with van der Waals surface area (Å²) in [6.07, 6.45) is 2.41. The van der Waals surface area contributed by atoms with Crippen molar-refractivity contribution in [3.63, 3.8) is 0 Å². The third-order valence-corrected chi connectivity index (χ3v) is 9.68. The van der Waals surface area contributed by atoms with E-state index in [1.807, 2.05) is 0 Å². The van der Waals surface area contributed by atoms with Crippen LogP contribution in [0.25, 0.3) is 22.3 Å². The van der Waals surface area contributed by atoms with E-state index >= 15 is 0 Å². The van der Waals surface area contributed by atoms with E-state index < -0.39 is 52.7 Å². The van der Waals surface area contributed by atoms with Gasteiger partial charge in [-0.2, -0.15) is 0 Å². The molecular formula is C21H26N10O9P2. The van der Waals surface area contributed by atoms with Gasteiger partial charge in [0.25, 0.3) is 0 Å². The van der Waals surface area contributed by atoms with Gasteiger partial charge in [-0.05, 0) is 12.8 Å². The molecule has 0 bridgehead atoms. The van der Waals surface area contributed by atoms with E-state index in [1.54, 1.807) is 15.5 Å². The molecule has 0 radical (unpaired) electrons. The summed E-state index contributed by atoms with van der Waals surface area (Å²) in [6.45, 7) is -0.787. The number of anilines is 2. The monoisotopic (exact) mass is 624 g/mol. The number of fused-ring (bicyclic) bond motifs is 4. The highest BCUT2D eigenvalue weighted by Gasteiger charge is 2.47. The third kappa shape index (κ3) is 5.06. The zero-order valence-corrected chi connectivity index (χ0v) is 23.5. The summed E-state index contributed by atoms with van der Waals surface area (Å²) < 4.78 is 57.3. The molecular weight excluding hydrogens is 598 g/mol. The maximum atomic E-state index is 13.1. The largest absolute Gasteiger partial charge is 0.472 e. The number of nitrogens with zero attached hydrogens (tertiary/aromatic N) is 8. The van der Waals surface area contributed by atoms with Gasteiger partial charge in [0, 0.05) is 18.4 Å². The lowest BCUT2D eigenvalue weighted by atomic mass is 10.1. The number of nitrogens with two attached hydrogens (primary N) is 2. The van der Waals surface area contributed by atoms with Crippen LogP contribution in [-0.4, -0.2) is 80.4 Å². The van der Waals surface area contributed by atoms with E-state index in [-0.39, 0.29) is 37.1 Å². The maximum absolute atomic E-state index is 13.1. The fourth-order valence-corrected chi connectivity index (χ4v) is 7.70. The van der Waals surface area contributed by atoms with Crippen molar-refractivity contribution >= 4 is 49.6 Å². The molecule has 19 nitrogen and oxygen atoms in total. The molecule has 21 heteroatoms. The molecule has 3 aliphatic rings. The number of hydrogen-bond acceptors (Lipinski definition) is 15. The van der Waals surface area contributed by atoms with E-state index in [2.05, 4.69) is 29.9 Å². The molecule has 3 fully saturated rings. The lowest BCUT2D eigenvalue weighted by Gasteiger charge is -2.27. The normalized spacial score (nSPS) is 36.0.